The monoisotopic (exact) mass is 744 g/mol. The van der Waals surface area contributed by atoms with Gasteiger partial charge in [-0.15, -0.1) is 0 Å². The zero-order valence-corrected chi connectivity index (χ0v) is 29.2. The zero-order valence-electron chi connectivity index (χ0n) is 26.1. The first-order chi connectivity index (χ1) is 22.3. The molecule has 0 saturated carbocycles. The number of nitrogens with zero attached hydrogens (tertiary/aromatic N) is 2. The molecule has 0 saturated heterocycles. The second-order valence-corrected chi connectivity index (χ2v) is 12.9. The van der Waals surface area contributed by atoms with Crippen molar-refractivity contribution in [3.05, 3.63) is 122 Å². The minimum atomic E-state index is -0.138. The van der Waals surface area contributed by atoms with Crippen molar-refractivity contribution in [3.8, 4) is 33.9 Å². The Morgan fingerprint density at radius 3 is 1.96 bits per heavy atom. The lowest BCUT2D eigenvalue weighted by Crippen LogP contribution is -2.27. The fourth-order valence-electron chi connectivity index (χ4n) is 5.33. The molecule has 238 valence electrons. The zero-order chi connectivity index (χ0) is 32.5. The fourth-order valence-corrected chi connectivity index (χ4v) is 5.86. The van der Waals surface area contributed by atoms with Crippen LogP contribution in [0.15, 0.2) is 99.9 Å². The second-order valence-electron chi connectivity index (χ2n) is 11.1. The number of nitrogens with one attached hydrogen (secondary N) is 1. The third-order valence-corrected chi connectivity index (χ3v) is 8.46. The minimum Gasteiger partial charge on any atom is -0.378 e. The molecule has 0 spiro atoms. The van der Waals surface area contributed by atoms with Gasteiger partial charge in [0.05, 0.1) is 37.8 Å². The predicted molar refractivity (Wildman–Crippen MR) is 192 cm³/mol. The number of aryl methyl sites for hydroxylation is 2. The van der Waals surface area contributed by atoms with Gasteiger partial charge in [0.25, 0.3) is 5.91 Å². The van der Waals surface area contributed by atoms with Crippen LogP contribution in [0.1, 0.15) is 27.0 Å². The number of carbonyl (C=O) groups is 1. The van der Waals surface area contributed by atoms with E-state index >= 15 is 0 Å². The van der Waals surface area contributed by atoms with Gasteiger partial charge in [0, 0.05) is 50.8 Å². The molecule has 0 atom stereocenters. The number of aromatic nitrogens is 2. The summed E-state index contributed by atoms with van der Waals surface area (Å²) < 4.78 is 15.1. The van der Waals surface area contributed by atoms with E-state index in [0.29, 0.717) is 51.6 Å². The Morgan fingerprint density at radius 1 is 0.761 bits per heavy atom. The van der Waals surface area contributed by atoms with E-state index in [1.54, 1.807) is 0 Å². The molecule has 0 aliphatic rings. The van der Waals surface area contributed by atoms with Gasteiger partial charge in [0.2, 0.25) is 0 Å². The maximum Gasteiger partial charge on any atom is 0.251 e. The molecule has 4 aromatic carbocycles. The van der Waals surface area contributed by atoms with Gasteiger partial charge in [0.15, 0.2) is 0 Å². The van der Waals surface area contributed by atoms with Crippen molar-refractivity contribution in [1.29, 1.82) is 0 Å². The van der Waals surface area contributed by atoms with Crippen molar-refractivity contribution in [2.75, 3.05) is 39.5 Å². The number of hydrogen-bond donors (Lipinski definition) is 2. The summed E-state index contributed by atoms with van der Waals surface area (Å²) in [6.07, 6.45) is 0. The summed E-state index contributed by atoms with van der Waals surface area (Å²) in [5.74, 6) is 0.749. The summed E-state index contributed by atoms with van der Waals surface area (Å²) in [5.41, 5.74) is 14.5. The van der Waals surface area contributed by atoms with Crippen LogP contribution < -0.4 is 11.1 Å². The summed E-state index contributed by atoms with van der Waals surface area (Å²) >= 11 is 7.18. The third-order valence-electron chi connectivity index (χ3n) is 7.41. The van der Waals surface area contributed by atoms with E-state index in [9.17, 15) is 4.79 Å². The maximum absolute atomic E-state index is 12.8. The Balaban J connectivity index is 1.45. The third kappa shape index (κ3) is 8.80. The van der Waals surface area contributed by atoms with Crippen LogP contribution in [0.5, 0.6) is 0 Å². The molecular formula is C37H38Br2N4O3. The number of ether oxygens (including phenoxy) is 2. The summed E-state index contributed by atoms with van der Waals surface area (Å²) in [6, 6.07) is 31.0. The average molecular weight is 747 g/mol. The Hall–Kier alpha value is -3.60. The van der Waals surface area contributed by atoms with Gasteiger partial charge in [-0.25, -0.2) is 4.98 Å². The van der Waals surface area contributed by atoms with Crippen LogP contribution >= 0.6 is 31.9 Å². The second kappa shape index (κ2) is 16.3. The fraction of sp³-hybridized carbons (Fsp3) is 0.243. The highest BCUT2D eigenvalue weighted by molar-refractivity contribution is 9.10. The Labute approximate surface area is 287 Å². The molecule has 1 amide bonds. The number of nitrogens with two attached hydrogens (primary N) is 1. The van der Waals surface area contributed by atoms with Crippen molar-refractivity contribution in [2.24, 2.45) is 5.73 Å². The molecule has 0 aliphatic heterocycles. The first-order valence-corrected chi connectivity index (χ1v) is 16.8. The lowest BCUT2D eigenvalue weighted by Gasteiger charge is -2.15. The van der Waals surface area contributed by atoms with Gasteiger partial charge >= 0.3 is 0 Å². The van der Waals surface area contributed by atoms with E-state index in [0.717, 1.165) is 48.4 Å². The molecule has 5 rings (SSSR count). The van der Waals surface area contributed by atoms with Gasteiger partial charge < -0.3 is 25.1 Å². The molecule has 7 nitrogen and oxygen atoms in total. The van der Waals surface area contributed by atoms with E-state index in [-0.39, 0.29) is 5.91 Å². The van der Waals surface area contributed by atoms with Gasteiger partial charge in [0.1, 0.15) is 5.82 Å². The molecule has 5 aromatic rings. The van der Waals surface area contributed by atoms with Gasteiger partial charge in [-0.05, 0) is 67.9 Å². The molecule has 9 heteroatoms. The normalized spacial score (nSPS) is 11.2. The summed E-state index contributed by atoms with van der Waals surface area (Å²) in [5, 5.41) is 2.92. The van der Waals surface area contributed by atoms with E-state index in [2.05, 4.69) is 110 Å². The Bertz CT molecular complexity index is 1730. The van der Waals surface area contributed by atoms with Crippen molar-refractivity contribution >= 4 is 37.8 Å². The highest BCUT2D eigenvalue weighted by Crippen LogP contribution is 2.38. The SMILES string of the molecule is Cc1cc(C)cc(-c2nc(-c3ccc(Br)cc3)c(-c3ccc(Br)cc3)n2Cc2ccc(C(=O)NCCOCCOCCN)cc2)c1. The molecule has 0 fully saturated rings. The van der Waals surface area contributed by atoms with Crippen LogP contribution in [0.3, 0.4) is 0 Å². The van der Waals surface area contributed by atoms with Crippen LogP contribution in [0.4, 0.5) is 0 Å². The maximum atomic E-state index is 12.8. The lowest BCUT2D eigenvalue weighted by atomic mass is 10.0. The summed E-state index contributed by atoms with van der Waals surface area (Å²) in [4.78, 5) is 18.1. The van der Waals surface area contributed by atoms with Crippen molar-refractivity contribution in [1.82, 2.24) is 14.9 Å². The van der Waals surface area contributed by atoms with E-state index < -0.39 is 0 Å². The van der Waals surface area contributed by atoms with E-state index in [1.807, 2.05) is 36.4 Å². The number of rotatable bonds is 14. The molecule has 0 radical (unpaired) electrons. The topological polar surface area (TPSA) is 91.4 Å². The first kappa shape index (κ1) is 33.8. The molecule has 1 heterocycles. The highest BCUT2D eigenvalue weighted by atomic mass is 79.9. The number of imidazole rings is 1. The standard InChI is InChI=1S/C37H38Br2N4O3/c1-25-21-26(2)23-31(22-25)36-42-34(28-7-11-32(38)12-8-28)35(29-9-13-33(39)14-10-29)43(36)24-27-3-5-30(6-4-27)37(44)41-16-18-46-20-19-45-17-15-40/h3-14,21-23H,15-20,24,40H2,1-2H3,(H,41,44). The minimum absolute atomic E-state index is 0.138. The summed E-state index contributed by atoms with van der Waals surface area (Å²) in [7, 11) is 0. The molecule has 1 aromatic heterocycles. The number of hydrogen-bond acceptors (Lipinski definition) is 5. The quantitative estimate of drug-likeness (QED) is 0.113. The Morgan fingerprint density at radius 2 is 1.35 bits per heavy atom. The van der Waals surface area contributed by atoms with Crippen molar-refractivity contribution in [3.63, 3.8) is 0 Å². The van der Waals surface area contributed by atoms with Gasteiger partial charge in [-0.1, -0.05) is 85.5 Å². The number of carbonyl (C=O) groups excluding carboxylic acids is 1. The van der Waals surface area contributed by atoms with Crippen LogP contribution in [0.2, 0.25) is 0 Å². The van der Waals surface area contributed by atoms with E-state index in [1.165, 1.54) is 11.1 Å². The van der Waals surface area contributed by atoms with Crippen LogP contribution in [-0.4, -0.2) is 55.0 Å². The van der Waals surface area contributed by atoms with E-state index in [4.69, 9.17) is 20.2 Å². The van der Waals surface area contributed by atoms with Crippen LogP contribution in [-0.2, 0) is 16.0 Å². The number of benzene rings is 4. The Kier molecular flexibility index (Phi) is 12.0. The number of amides is 1. The smallest absolute Gasteiger partial charge is 0.251 e. The average Bonchev–Trinajstić information content (AvgIpc) is 3.41. The molecule has 0 bridgehead atoms. The lowest BCUT2D eigenvalue weighted by molar-refractivity contribution is 0.0511. The van der Waals surface area contributed by atoms with Gasteiger partial charge in [-0.2, -0.15) is 0 Å². The molecule has 0 aliphatic carbocycles. The molecular weight excluding hydrogens is 708 g/mol. The van der Waals surface area contributed by atoms with Crippen molar-refractivity contribution in [2.45, 2.75) is 20.4 Å². The van der Waals surface area contributed by atoms with Crippen molar-refractivity contribution < 1.29 is 14.3 Å². The first-order valence-electron chi connectivity index (χ1n) is 15.3. The van der Waals surface area contributed by atoms with Crippen LogP contribution in [0.25, 0.3) is 33.9 Å². The van der Waals surface area contributed by atoms with Gasteiger partial charge in [-0.3, -0.25) is 4.79 Å². The largest absolute Gasteiger partial charge is 0.378 e. The summed E-state index contributed by atoms with van der Waals surface area (Å²) in [6.45, 7) is 7.59. The van der Waals surface area contributed by atoms with Crippen LogP contribution in [0, 0.1) is 13.8 Å². The molecule has 46 heavy (non-hydrogen) atoms. The predicted octanol–water partition coefficient (Wildman–Crippen LogP) is 7.80. The molecule has 3 N–H and O–H groups in total. The number of halogens is 2. The molecule has 0 unspecified atom stereocenters. The highest BCUT2D eigenvalue weighted by Gasteiger charge is 2.22.